The predicted molar refractivity (Wildman–Crippen MR) is 121 cm³/mol. The number of carbonyl (C=O) groups excluding carboxylic acids is 2. The summed E-state index contributed by atoms with van der Waals surface area (Å²) >= 11 is 0. The summed E-state index contributed by atoms with van der Waals surface area (Å²) < 4.78 is 11.5. The number of carbonyl (C=O) groups is 2. The molecule has 2 aliphatic rings. The third-order valence-corrected chi connectivity index (χ3v) is 6.53. The van der Waals surface area contributed by atoms with Crippen molar-refractivity contribution in [2.75, 3.05) is 19.6 Å². The normalized spacial score (nSPS) is 17.4. The predicted octanol–water partition coefficient (Wildman–Crippen LogP) is 3.49. The van der Waals surface area contributed by atoms with E-state index in [1.165, 1.54) is 12.6 Å². The zero-order valence-electron chi connectivity index (χ0n) is 18.5. The lowest BCUT2D eigenvalue weighted by Gasteiger charge is -2.43. The second kappa shape index (κ2) is 8.78. The van der Waals surface area contributed by atoms with E-state index in [0.29, 0.717) is 34.8 Å². The molecule has 3 aromatic rings. The number of piperidine rings is 1. The average molecular weight is 447 g/mol. The largest absolute Gasteiger partial charge is 0.486 e. The fraction of sp³-hybridized carbons (Fsp3) is 0.360. The summed E-state index contributed by atoms with van der Waals surface area (Å²) in [6.45, 7) is 5.36. The molecule has 1 N–H and O–H groups in total. The molecule has 8 heteroatoms. The van der Waals surface area contributed by atoms with Gasteiger partial charge in [0.05, 0.1) is 36.0 Å². The van der Waals surface area contributed by atoms with Crippen molar-refractivity contribution in [3.8, 4) is 17.0 Å². The summed E-state index contributed by atoms with van der Waals surface area (Å²) in [6.07, 6.45) is 6.56. The summed E-state index contributed by atoms with van der Waals surface area (Å²) in [5, 5.41) is 2.77. The van der Waals surface area contributed by atoms with Crippen molar-refractivity contribution in [1.82, 2.24) is 20.2 Å². The lowest BCUT2D eigenvalue weighted by Crippen LogP contribution is -2.50. The molecule has 1 aromatic carbocycles. The van der Waals surface area contributed by atoms with Gasteiger partial charge >= 0.3 is 0 Å². The van der Waals surface area contributed by atoms with Gasteiger partial charge in [-0.25, -0.2) is 4.98 Å². The third kappa shape index (κ3) is 4.39. The molecule has 1 spiro atoms. The number of amides is 1. The molecule has 2 aromatic heterocycles. The molecule has 0 bridgehead atoms. The summed E-state index contributed by atoms with van der Waals surface area (Å²) in [5.74, 6) is 1.10. The summed E-state index contributed by atoms with van der Waals surface area (Å²) in [4.78, 5) is 36.0. The first-order chi connectivity index (χ1) is 16.0. The number of aromatic nitrogens is 2. The number of likely N-dealkylation sites (tertiary alicyclic amines) is 1. The zero-order chi connectivity index (χ0) is 22.8. The van der Waals surface area contributed by atoms with Crippen LogP contribution in [0.15, 0.2) is 53.5 Å². The van der Waals surface area contributed by atoms with E-state index in [-0.39, 0.29) is 23.8 Å². The van der Waals surface area contributed by atoms with Crippen LogP contribution in [0.5, 0.6) is 5.75 Å². The Hall–Kier alpha value is -3.52. The Kier molecular flexibility index (Phi) is 5.68. The molecule has 170 valence electrons. The Morgan fingerprint density at radius 1 is 1.18 bits per heavy atom. The number of rotatable bonds is 5. The van der Waals surface area contributed by atoms with Crippen molar-refractivity contribution in [3.05, 3.63) is 66.0 Å². The van der Waals surface area contributed by atoms with Gasteiger partial charge in [0.25, 0.3) is 5.91 Å². The highest BCUT2D eigenvalue weighted by molar-refractivity contribution is 6.01. The number of hydrogen-bond acceptors (Lipinski definition) is 7. The van der Waals surface area contributed by atoms with Crippen LogP contribution in [-0.2, 0) is 6.54 Å². The van der Waals surface area contributed by atoms with E-state index in [0.717, 1.165) is 38.0 Å². The van der Waals surface area contributed by atoms with Gasteiger partial charge in [0, 0.05) is 37.7 Å². The number of fused-ring (bicyclic) bond motifs is 1. The van der Waals surface area contributed by atoms with Crippen LogP contribution >= 0.6 is 0 Å². The minimum Gasteiger partial charge on any atom is -0.486 e. The van der Waals surface area contributed by atoms with Crippen LogP contribution in [0.4, 0.5) is 0 Å². The van der Waals surface area contributed by atoms with Gasteiger partial charge in [-0.3, -0.25) is 14.6 Å². The Bertz CT molecular complexity index is 1150. The fourth-order valence-electron chi connectivity index (χ4n) is 4.51. The van der Waals surface area contributed by atoms with Crippen LogP contribution in [0.2, 0.25) is 0 Å². The highest BCUT2D eigenvalue weighted by Crippen LogP contribution is 2.40. The molecular weight excluding hydrogens is 420 g/mol. The van der Waals surface area contributed by atoms with E-state index in [4.69, 9.17) is 9.15 Å². The molecule has 1 amide bonds. The number of hydrogen-bond donors (Lipinski definition) is 1. The number of ether oxygens (including phenoxy) is 1. The minimum atomic E-state index is -0.379. The van der Waals surface area contributed by atoms with Crippen molar-refractivity contribution in [2.45, 2.75) is 38.3 Å². The van der Waals surface area contributed by atoms with Gasteiger partial charge in [-0.15, -0.1) is 0 Å². The maximum absolute atomic E-state index is 13.0. The number of Topliss-reactive ketones (excluding diaryl/α,β-unsaturated/α-hetero) is 1. The second-order valence-corrected chi connectivity index (χ2v) is 8.61. The molecule has 0 atom stereocenters. The van der Waals surface area contributed by atoms with Crippen molar-refractivity contribution in [3.63, 3.8) is 0 Å². The smallest absolute Gasteiger partial charge is 0.253 e. The van der Waals surface area contributed by atoms with Crippen molar-refractivity contribution >= 4 is 11.7 Å². The van der Waals surface area contributed by atoms with Crippen molar-refractivity contribution in [1.29, 1.82) is 0 Å². The first-order valence-corrected chi connectivity index (χ1v) is 11.3. The zero-order valence-corrected chi connectivity index (χ0v) is 18.5. The number of pyridine rings is 1. The monoisotopic (exact) mass is 446 g/mol. The van der Waals surface area contributed by atoms with E-state index in [2.05, 4.69) is 27.1 Å². The molecule has 0 aliphatic carbocycles. The van der Waals surface area contributed by atoms with Gasteiger partial charge in [0.15, 0.2) is 12.2 Å². The Labute approximate surface area is 192 Å². The molecule has 1 saturated heterocycles. The van der Waals surface area contributed by atoms with Crippen molar-refractivity contribution < 1.29 is 18.7 Å². The van der Waals surface area contributed by atoms with Gasteiger partial charge < -0.3 is 19.4 Å². The van der Waals surface area contributed by atoms with Crippen LogP contribution < -0.4 is 10.1 Å². The van der Waals surface area contributed by atoms with Gasteiger partial charge in [0.1, 0.15) is 17.1 Å². The third-order valence-electron chi connectivity index (χ3n) is 6.53. The number of oxazole rings is 1. The van der Waals surface area contributed by atoms with Gasteiger partial charge in [-0.1, -0.05) is 6.92 Å². The summed E-state index contributed by atoms with van der Waals surface area (Å²) in [6, 6.07) is 9.12. The van der Waals surface area contributed by atoms with Gasteiger partial charge in [-0.2, -0.15) is 0 Å². The SMILES string of the molecule is CCN1CCC2(CC1)CC(=O)c1cc(-c3ccc(C(=O)NCc4cnco4)cn3)ccc1O2. The highest BCUT2D eigenvalue weighted by atomic mass is 16.5. The standard InChI is InChI=1S/C25H26N4O4/c1-2-29-9-7-25(8-10-29)12-22(30)20-11-17(4-6-23(20)33-25)21-5-3-18(13-27-21)24(31)28-15-19-14-26-16-32-19/h3-6,11,13-14,16H,2,7-10,12,15H2,1H3,(H,28,31). The van der Waals surface area contributed by atoms with E-state index in [9.17, 15) is 9.59 Å². The van der Waals surface area contributed by atoms with Crippen LogP contribution in [0, 0.1) is 0 Å². The Morgan fingerprint density at radius 3 is 2.73 bits per heavy atom. The van der Waals surface area contributed by atoms with Gasteiger partial charge in [0.2, 0.25) is 0 Å². The molecule has 4 heterocycles. The van der Waals surface area contributed by atoms with Crippen LogP contribution in [0.3, 0.4) is 0 Å². The second-order valence-electron chi connectivity index (χ2n) is 8.61. The Balaban J connectivity index is 1.29. The first kappa shape index (κ1) is 21.3. The number of nitrogens with zero attached hydrogens (tertiary/aromatic N) is 3. The quantitative estimate of drug-likeness (QED) is 0.641. The molecule has 8 nitrogen and oxygen atoms in total. The van der Waals surface area contributed by atoms with Gasteiger partial charge in [-0.05, 0) is 36.9 Å². The first-order valence-electron chi connectivity index (χ1n) is 11.3. The number of benzene rings is 1. The average Bonchev–Trinajstić information content (AvgIpc) is 3.37. The molecule has 0 saturated carbocycles. The summed E-state index contributed by atoms with van der Waals surface area (Å²) in [7, 11) is 0. The molecule has 0 unspecified atom stereocenters. The number of ketones is 1. The summed E-state index contributed by atoms with van der Waals surface area (Å²) in [5.41, 5.74) is 2.17. The molecule has 33 heavy (non-hydrogen) atoms. The Morgan fingerprint density at radius 2 is 2.03 bits per heavy atom. The van der Waals surface area contributed by atoms with Crippen LogP contribution in [-0.4, -0.2) is 51.8 Å². The van der Waals surface area contributed by atoms with Crippen LogP contribution in [0.1, 0.15) is 52.7 Å². The van der Waals surface area contributed by atoms with Crippen molar-refractivity contribution in [2.24, 2.45) is 0 Å². The highest BCUT2D eigenvalue weighted by Gasteiger charge is 2.42. The minimum absolute atomic E-state index is 0.117. The molecule has 2 aliphatic heterocycles. The van der Waals surface area contributed by atoms with Crippen LogP contribution in [0.25, 0.3) is 11.3 Å². The molecule has 5 rings (SSSR count). The van der Waals surface area contributed by atoms with E-state index in [1.807, 2.05) is 18.2 Å². The maximum atomic E-state index is 13.0. The topological polar surface area (TPSA) is 97.6 Å². The van der Waals surface area contributed by atoms with E-state index < -0.39 is 0 Å². The lowest BCUT2D eigenvalue weighted by molar-refractivity contribution is -0.00779. The number of nitrogens with one attached hydrogen (secondary N) is 1. The molecular formula is C25H26N4O4. The molecule has 1 fully saturated rings. The molecule has 0 radical (unpaired) electrons. The van der Waals surface area contributed by atoms with E-state index in [1.54, 1.807) is 18.3 Å². The van der Waals surface area contributed by atoms with E-state index >= 15 is 0 Å². The fourth-order valence-corrected chi connectivity index (χ4v) is 4.51. The lowest BCUT2D eigenvalue weighted by atomic mass is 9.82. The maximum Gasteiger partial charge on any atom is 0.253 e.